The Morgan fingerprint density at radius 2 is 1.86 bits per heavy atom. The molecule has 2 aromatic carbocycles. The van der Waals surface area contributed by atoms with E-state index < -0.39 is 12.0 Å². The van der Waals surface area contributed by atoms with E-state index >= 15 is 0 Å². The maximum absolute atomic E-state index is 13.3. The second kappa shape index (κ2) is 10.3. The number of ether oxygens (including phenoxy) is 1. The Balaban J connectivity index is 1.66. The van der Waals surface area contributed by atoms with Gasteiger partial charge in [0.15, 0.2) is 5.82 Å². The van der Waals surface area contributed by atoms with Crippen LogP contribution in [0.25, 0.3) is 32.7 Å². The molecule has 7 nitrogen and oxygen atoms in total. The lowest BCUT2D eigenvalue weighted by Crippen LogP contribution is -2.26. The summed E-state index contributed by atoms with van der Waals surface area (Å²) in [6.45, 7) is 3.64. The molecule has 5 aromatic rings. The second-order valence-electron chi connectivity index (χ2n) is 8.36. The molecule has 0 spiro atoms. The third kappa shape index (κ3) is 5.12. The van der Waals surface area contributed by atoms with Crippen LogP contribution in [0.5, 0.6) is 11.5 Å². The number of benzene rings is 2. The maximum Gasteiger partial charge on any atom is 0.325 e. The largest absolute Gasteiger partial charge is 0.480 e. The van der Waals surface area contributed by atoms with E-state index in [9.17, 15) is 14.3 Å². The number of carboxylic acid groups (broad SMARTS) is 1. The average Bonchev–Trinajstić information content (AvgIpc) is 3.29. The highest BCUT2D eigenvalue weighted by Gasteiger charge is 2.23. The molecule has 0 saturated carbocycles. The fourth-order valence-corrected chi connectivity index (χ4v) is 5.08. The Bertz CT molecular complexity index is 1570. The van der Waals surface area contributed by atoms with Crippen molar-refractivity contribution < 1.29 is 19.0 Å². The predicted octanol–water partition coefficient (Wildman–Crippen LogP) is 6.80. The summed E-state index contributed by atoms with van der Waals surface area (Å²) in [5.41, 5.74) is 2.54. The Hall–Kier alpha value is -4.37. The van der Waals surface area contributed by atoms with Crippen LogP contribution in [-0.2, 0) is 11.2 Å². The summed E-state index contributed by atoms with van der Waals surface area (Å²) in [6.07, 6.45) is 4.10. The molecule has 0 bridgehead atoms. The molecule has 0 aliphatic carbocycles. The molecular weight excluding hydrogens is 491 g/mol. The molecule has 2 N–H and O–H groups in total. The molecule has 37 heavy (non-hydrogen) atoms. The van der Waals surface area contributed by atoms with Crippen molar-refractivity contribution >= 4 is 33.3 Å². The molecule has 0 unspecified atom stereocenters. The molecule has 5 rings (SSSR count). The number of carboxylic acids is 1. The molecule has 0 fully saturated rings. The standard InChI is InChI=1S/C28H23FN4O3S/c1-3-22-23(17-6-4-8-21(14-17)36-20-11-9-19(29)10-12-20)24-26(31-16(2)28(34)35)32-25(33-27(24)37-22)18-7-5-13-30-15-18/h4-16H,3H2,1-2H3,(H,34,35)(H,31,32,33)/t16-/m1/s1. The second-order valence-corrected chi connectivity index (χ2v) is 9.44. The number of nitrogens with zero attached hydrogens (tertiary/aromatic N) is 3. The van der Waals surface area contributed by atoms with Crippen LogP contribution >= 0.6 is 11.3 Å². The lowest BCUT2D eigenvalue weighted by Gasteiger charge is -2.14. The smallest absolute Gasteiger partial charge is 0.325 e. The summed E-state index contributed by atoms with van der Waals surface area (Å²) in [6, 6.07) is 16.2. The molecule has 0 amide bonds. The van der Waals surface area contributed by atoms with Gasteiger partial charge in [0.2, 0.25) is 0 Å². The zero-order valence-corrected chi connectivity index (χ0v) is 20.9. The van der Waals surface area contributed by atoms with Crippen molar-refractivity contribution in [3.8, 4) is 34.0 Å². The highest BCUT2D eigenvalue weighted by Crippen LogP contribution is 2.43. The number of halogens is 1. The number of nitrogens with one attached hydrogen (secondary N) is 1. The Kier molecular flexibility index (Phi) is 6.78. The van der Waals surface area contributed by atoms with Gasteiger partial charge in [0, 0.05) is 28.4 Å². The minimum Gasteiger partial charge on any atom is -0.480 e. The normalized spacial score (nSPS) is 11.9. The lowest BCUT2D eigenvalue weighted by molar-refractivity contribution is -0.137. The third-order valence-electron chi connectivity index (χ3n) is 5.76. The molecule has 1 atom stereocenters. The van der Waals surface area contributed by atoms with Crippen LogP contribution in [0, 0.1) is 5.82 Å². The molecule has 9 heteroatoms. The van der Waals surface area contributed by atoms with Crippen molar-refractivity contribution in [3.05, 3.63) is 83.8 Å². The van der Waals surface area contributed by atoms with Crippen LogP contribution in [0.15, 0.2) is 73.1 Å². The van der Waals surface area contributed by atoms with E-state index in [-0.39, 0.29) is 5.82 Å². The van der Waals surface area contributed by atoms with E-state index in [2.05, 4.69) is 17.2 Å². The van der Waals surface area contributed by atoms with Gasteiger partial charge in [-0.05, 0) is 67.4 Å². The number of anilines is 1. The van der Waals surface area contributed by atoms with Crippen molar-refractivity contribution in [2.75, 3.05) is 5.32 Å². The van der Waals surface area contributed by atoms with Crippen molar-refractivity contribution in [1.82, 2.24) is 15.0 Å². The summed E-state index contributed by atoms with van der Waals surface area (Å²) < 4.78 is 19.3. The van der Waals surface area contributed by atoms with Gasteiger partial charge in [-0.25, -0.2) is 14.4 Å². The van der Waals surface area contributed by atoms with Gasteiger partial charge in [0.1, 0.15) is 34.0 Å². The number of thiophene rings is 1. The first-order valence-electron chi connectivity index (χ1n) is 11.7. The Morgan fingerprint density at radius 3 is 2.57 bits per heavy atom. The lowest BCUT2D eigenvalue weighted by atomic mass is 10.0. The molecule has 0 radical (unpaired) electrons. The quantitative estimate of drug-likeness (QED) is 0.235. The van der Waals surface area contributed by atoms with Crippen LogP contribution in [-0.4, -0.2) is 32.1 Å². The summed E-state index contributed by atoms with van der Waals surface area (Å²) in [7, 11) is 0. The fraction of sp³-hybridized carbons (Fsp3) is 0.143. The van der Waals surface area contributed by atoms with E-state index in [4.69, 9.17) is 14.7 Å². The van der Waals surface area contributed by atoms with Gasteiger partial charge in [-0.3, -0.25) is 9.78 Å². The molecule has 186 valence electrons. The zero-order chi connectivity index (χ0) is 25.9. The number of fused-ring (bicyclic) bond motifs is 1. The van der Waals surface area contributed by atoms with E-state index in [0.717, 1.165) is 38.2 Å². The SMILES string of the molecule is CCc1sc2nc(-c3cccnc3)nc(N[C@H](C)C(=O)O)c2c1-c1cccc(Oc2ccc(F)cc2)c1. The highest BCUT2D eigenvalue weighted by molar-refractivity contribution is 7.19. The summed E-state index contributed by atoms with van der Waals surface area (Å²) in [4.78, 5) is 27.3. The molecule has 0 aliphatic rings. The van der Waals surface area contributed by atoms with Crippen molar-refractivity contribution in [3.63, 3.8) is 0 Å². The van der Waals surface area contributed by atoms with E-state index in [1.807, 2.05) is 30.3 Å². The number of hydrogen-bond donors (Lipinski definition) is 2. The van der Waals surface area contributed by atoms with Crippen LogP contribution in [0.4, 0.5) is 10.2 Å². The maximum atomic E-state index is 13.3. The molecular formula is C28H23FN4O3S. The number of aryl methyl sites for hydroxylation is 1. The van der Waals surface area contributed by atoms with Crippen LogP contribution < -0.4 is 10.1 Å². The highest BCUT2D eigenvalue weighted by atomic mass is 32.1. The third-order valence-corrected chi connectivity index (χ3v) is 6.99. The number of carbonyl (C=O) groups is 1. The number of hydrogen-bond acceptors (Lipinski definition) is 7. The Morgan fingerprint density at radius 1 is 1.08 bits per heavy atom. The number of aromatic nitrogens is 3. The molecule has 3 aromatic heterocycles. The molecule has 3 heterocycles. The van der Waals surface area contributed by atoms with Crippen LogP contribution in [0.2, 0.25) is 0 Å². The Labute approximate surface area is 216 Å². The van der Waals surface area contributed by atoms with Gasteiger partial charge in [-0.15, -0.1) is 11.3 Å². The molecule has 0 saturated heterocycles. The first-order valence-corrected chi connectivity index (χ1v) is 12.5. The minimum absolute atomic E-state index is 0.334. The van der Waals surface area contributed by atoms with Gasteiger partial charge in [0.05, 0.1) is 5.39 Å². The first-order chi connectivity index (χ1) is 17.9. The van der Waals surface area contributed by atoms with Gasteiger partial charge in [-0.1, -0.05) is 19.1 Å². The first kappa shape index (κ1) is 24.3. The van der Waals surface area contributed by atoms with Gasteiger partial charge in [0.25, 0.3) is 0 Å². The monoisotopic (exact) mass is 514 g/mol. The van der Waals surface area contributed by atoms with Crippen molar-refractivity contribution in [1.29, 1.82) is 0 Å². The average molecular weight is 515 g/mol. The minimum atomic E-state index is -0.989. The number of aliphatic carboxylic acids is 1. The van der Waals surface area contributed by atoms with Gasteiger partial charge in [-0.2, -0.15) is 0 Å². The van der Waals surface area contributed by atoms with Crippen LogP contribution in [0.1, 0.15) is 18.7 Å². The topological polar surface area (TPSA) is 97.2 Å². The summed E-state index contributed by atoms with van der Waals surface area (Å²) >= 11 is 1.55. The predicted molar refractivity (Wildman–Crippen MR) is 143 cm³/mol. The molecule has 0 aliphatic heterocycles. The van der Waals surface area contributed by atoms with E-state index in [1.54, 1.807) is 48.9 Å². The number of rotatable bonds is 8. The van der Waals surface area contributed by atoms with Crippen molar-refractivity contribution in [2.45, 2.75) is 26.3 Å². The van der Waals surface area contributed by atoms with Crippen LogP contribution in [0.3, 0.4) is 0 Å². The van der Waals surface area contributed by atoms with E-state index in [0.29, 0.717) is 23.1 Å². The number of pyridine rings is 1. The summed E-state index contributed by atoms with van der Waals surface area (Å²) in [5, 5.41) is 13.4. The van der Waals surface area contributed by atoms with E-state index in [1.165, 1.54) is 12.1 Å². The van der Waals surface area contributed by atoms with Gasteiger partial charge < -0.3 is 15.2 Å². The zero-order valence-electron chi connectivity index (χ0n) is 20.1. The summed E-state index contributed by atoms with van der Waals surface area (Å²) in [5.74, 6) is 0.689. The fourth-order valence-electron chi connectivity index (χ4n) is 3.95. The van der Waals surface area contributed by atoms with Crippen molar-refractivity contribution in [2.24, 2.45) is 0 Å². The van der Waals surface area contributed by atoms with Gasteiger partial charge >= 0.3 is 5.97 Å².